The number of aromatic nitrogens is 4. The lowest BCUT2D eigenvalue weighted by Gasteiger charge is -2.38. The van der Waals surface area contributed by atoms with Crippen LogP contribution in [0.2, 0.25) is 0 Å². The number of carbonyl (C=O) groups is 1. The molecule has 208 valence electrons. The number of halogens is 5. The summed E-state index contributed by atoms with van der Waals surface area (Å²) in [7, 11) is 0. The molecule has 0 aliphatic carbocycles. The number of rotatable bonds is 4. The first-order chi connectivity index (χ1) is 18.0. The highest BCUT2D eigenvalue weighted by molar-refractivity contribution is 5.84. The molecule has 2 fully saturated rings. The number of benzene rings is 1. The Morgan fingerprint density at radius 3 is 2.32 bits per heavy atom. The average Bonchev–Trinajstić information content (AvgIpc) is 3.52. The Labute approximate surface area is 214 Å². The van der Waals surface area contributed by atoms with Gasteiger partial charge in [0.1, 0.15) is 5.52 Å². The van der Waals surface area contributed by atoms with Gasteiger partial charge in [0, 0.05) is 30.6 Å². The molecule has 1 N–H and O–H groups in total. The maximum absolute atomic E-state index is 14.7. The topological polar surface area (TPSA) is 107 Å². The van der Waals surface area contributed by atoms with Gasteiger partial charge in [0.05, 0.1) is 5.69 Å². The van der Waals surface area contributed by atoms with E-state index in [4.69, 9.17) is 19.2 Å². The molecule has 0 spiro atoms. The largest absolute Gasteiger partial charge is 0.490 e. The zero-order valence-electron chi connectivity index (χ0n) is 20.8. The lowest BCUT2D eigenvalue weighted by atomic mass is 9.94. The lowest BCUT2D eigenvalue weighted by molar-refractivity contribution is -0.192. The molecule has 5 rings (SSSR count). The predicted octanol–water partition coefficient (Wildman–Crippen LogP) is 4.80. The molecule has 0 radical (unpaired) electrons. The molecule has 14 heteroatoms. The van der Waals surface area contributed by atoms with E-state index in [2.05, 4.69) is 20.1 Å². The van der Waals surface area contributed by atoms with E-state index in [1.807, 2.05) is 13.8 Å². The molecule has 4 heterocycles. The fourth-order valence-electron chi connectivity index (χ4n) is 4.78. The van der Waals surface area contributed by atoms with E-state index >= 15 is 0 Å². The summed E-state index contributed by atoms with van der Waals surface area (Å²) in [6.45, 7) is 7.56. The van der Waals surface area contributed by atoms with Gasteiger partial charge in [0.15, 0.2) is 11.6 Å². The van der Waals surface area contributed by atoms with Crippen molar-refractivity contribution in [3.8, 4) is 5.95 Å². The van der Waals surface area contributed by atoms with E-state index in [1.54, 1.807) is 6.07 Å². The van der Waals surface area contributed by atoms with Gasteiger partial charge in [-0.25, -0.2) is 13.6 Å². The number of hydrogen-bond donors (Lipinski definition) is 1. The zero-order valence-corrected chi connectivity index (χ0v) is 20.8. The van der Waals surface area contributed by atoms with Crippen LogP contribution in [0.3, 0.4) is 0 Å². The van der Waals surface area contributed by atoms with Gasteiger partial charge in [-0.1, -0.05) is 13.8 Å². The second-order valence-electron chi connectivity index (χ2n) is 9.60. The van der Waals surface area contributed by atoms with Gasteiger partial charge in [-0.05, 0) is 62.0 Å². The molecule has 0 bridgehead atoms. The highest BCUT2D eigenvalue weighted by Gasteiger charge is 2.38. The van der Waals surface area contributed by atoms with Gasteiger partial charge < -0.3 is 19.3 Å². The quantitative estimate of drug-likeness (QED) is 0.466. The van der Waals surface area contributed by atoms with Crippen LogP contribution < -0.4 is 0 Å². The fourth-order valence-corrected chi connectivity index (χ4v) is 4.78. The SMILES string of the molecule is CC(C)c1nn(-c2noc(C3CCN(C4CCOCC4)CC3)n2)c2c(F)c(F)ccc12.O=C(O)C(F)(F)F. The summed E-state index contributed by atoms with van der Waals surface area (Å²) in [5, 5.41) is 16.2. The molecule has 2 aliphatic rings. The number of nitrogens with zero attached hydrogens (tertiary/aromatic N) is 5. The number of carboxylic acid groups (broad SMARTS) is 1. The summed E-state index contributed by atoms with van der Waals surface area (Å²) in [6.07, 6.45) is -1.05. The van der Waals surface area contributed by atoms with Crippen molar-refractivity contribution in [3.05, 3.63) is 35.4 Å². The number of piperidine rings is 1. The molecule has 0 unspecified atom stereocenters. The third-order valence-corrected chi connectivity index (χ3v) is 6.76. The van der Waals surface area contributed by atoms with Crippen LogP contribution in [0, 0.1) is 11.6 Å². The lowest BCUT2D eigenvalue weighted by Crippen LogP contribution is -2.43. The summed E-state index contributed by atoms with van der Waals surface area (Å²) < 4.78 is 72.6. The number of hydrogen-bond acceptors (Lipinski definition) is 7. The molecule has 9 nitrogen and oxygen atoms in total. The summed E-state index contributed by atoms with van der Waals surface area (Å²) in [6, 6.07) is 3.28. The number of carboxylic acids is 1. The van der Waals surface area contributed by atoms with E-state index < -0.39 is 23.8 Å². The highest BCUT2D eigenvalue weighted by atomic mass is 19.4. The van der Waals surface area contributed by atoms with Crippen LogP contribution in [0.25, 0.3) is 16.9 Å². The smallest absolute Gasteiger partial charge is 0.475 e. The molecular formula is C24H28F5N5O4. The van der Waals surface area contributed by atoms with Crippen molar-refractivity contribution in [1.29, 1.82) is 0 Å². The van der Waals surface area contributed by atoms with Crippen molar-refractivity contribution in [3.63, 3.8) is 0 Å². The van der Waals surface area contributed by atoms with Crippen molar-refractivity contribution in [2.24, 2.45) is 0 Å². The van der Waals surface area contributed by atoms with Gasteiger partial charge in [0.2, 0.25) is 5.89 Å². The van der Waals surface area contributed by atoms with E-state index in [-0.39, 0.29) is 23.3 Å². The maximum Gasteiger partial charge on any atom is 0.490 e. The van der Waals surface area contributed by atoms with Crippen LogP contribution >= 0.6 is 0 Å². The van der Waals surface area contributed by atoms with Crippen molar-refractivity contribution in [2.75, 3.05) is 26.3 Å². The molecule has 2 saturated heterocycles. The second kappa shape index (κ2) is 11.3. The van der Waals surface area contributed by atoms with E-state index in [0.29, 0.717) is 23.0 Å². The normalized spacial score (nSPS) is 18.1. The predicted molar refractivity (Wildman–Crippen MR) is 124 cm³/mol. The van der Waals surface area contributed by atoms with Crippen LogP contribution in [0.1, 0.15) is 63.0 Å². The Morgan fingerprint density at radius 2 is 1.74 bits per heavy atom. The van der Waals surface area contributed by atoms with Crippen LogP contribution in [0.5, 0.6) is 0 Å². The highest BCUT2D eigenvalue weighted by Crippen LogP contribution is 2.32. The summed E-state index contributed by atoms with van der Waals surface area (Å²) in [5.74, 6) is -3.76. The van der Waals surface area contributed by atoms with Crippen LogP contribution in [0.4, 0.5) is 22.0 Å². The first-order valence-corrected chi connectivity index (χ1v) is 12.3. The van der Waals surface area contributed by atoms with Gasteiger partial charge in [-0.3, -0.25) is 0 Å². The minimum atomic E-state index is -5.08. The molecule has 2 aromatic heterocycles. The average molecular weight is 546 g/mol. The number of alkyl halides is 3. The Morgan fingerprint density at radius 1 is 1.11 bits per heavy atom. The molecule has 38 heavy (non-hydrogen) atoms. The fraction of sp³-hybridized carbons (Fsp3) is 0.583. The van der Waals surface area contributed by atoms with Crippen molar-refractivity contribution in [1.82, 2.24) is 24.8 Å². The minimum absolute atomic E-state index is 0.0366. The zero-order chi connectivity index (χ0) is 27.6. The van der Waals surface area contributed by atoms with Crippen LogP contribution in [0.15, 0.2) is 16.7 Å². The van der Waals surface area contributed by atoms with Gasteiger partial charge in [-0.15, -0.1) is 0 Å². The van der Waals surface area contributed by atoms with E-state index in [0.717, 1.165) is 58.1 Å². The molecule has 0 saturated carbocycles. The summed E-state index contributed by atoms with van der Waals surface area (Å²) in [5.41, 5.74) is 0.718. The maximum atomic E-state index is 14.7. The van der Waals surface area contributed by atoms with Crippen molar-refractivity contribution < 1.29 is 41.1 Å². The summed E-state index contributed by atoms with van der Waals surface area (Å²) in [4.78, 5) is 16.0. The Bertz CT molecular complexity index is 1260. The van der Waals surface area contributed by atoms with Gasteiger partial charge in [0.25, 0.3) is 5.95 Å². The summed E-state index contributed by atoms with van der Waals surface area (Å²) >= 11 is 0. The van der Waals surface area contributed by atoms with E-state index in [9.17, 15) is 22.0 Å². The standard InChI is InChI=1S/C22H27F2N5O2.C2HF3O2/c1-13(2)19-16-3-4-17(23)18(24)20(16)29(26-19)22-25-21(31-27-22)14-5-9-28(10-6-14)15-7-11-30-12-8-15;3-2(4,5)1(6)7/h3-4,13-15H,5-12H2,1-2H3;(H,6,7). The van der Waals surface area contributed by atoms with Crippen molar-refractivity contribution >= 4 is 16.9 Å². The Kier molecular flexibility index (Phi) is 8.31. The first kappa shape index (κ1) is 27.9. The number of aliphatic carboxylic acids is 1. The van der Waals surface area contributed by atoms with E-state index in [1.165, 1.54) is 4.68 Å². The van der Waals surface area contributed by atoms with Crippen LogP contribution in [-0.2, 0) is 9.53 Å². The molecule has 0 atom stereocenters. The third-order valence-electron chi connectivity index (χ3n) is 6.76. The molecule has 1 aromatic carbocycles. The first-order valence-electron chi connectivity index (χ1n) is 12.3. The molecule has 2 aliphatic heterocycles. The van der Waals surface area contributed by atoms with Gasteiger partial charge >= 0.3 is 12.1 Å². The molecular weight excluding hydrogens is 517 g/mol. The molecule has 3 aromatic rings. The minimum Gasteiger partial charge on any atom is -0.475 e. The third kappa shape index (κ3) is 5.96. The van der Waals surface area contributed by atoms with Crippen molar-refractivity contribution in [2.45, 2.75) is 63.6 Å². The Balaban J connectivity index is 0.000000426. The molecule has 0 amide bonds. The second-order valence-corrected chi connectivity index (χ2v) is 9.60. The number of likely N-dealkylation sites (tertiary alicyclic amines) is 1. The monoisotopic (exact) mass is 545 g/mol. The van der Waals surface area contributed by atoms with Crippen LogP contribution in [-0.4, -0.2) is 74.4 Å². The number of ether oxygens (including phenoxy) is 1. The number of fused-ring (bicyclic) bond motifs is 1. The Hall–Kier alpha value is -3.13. The van der Waals surface area contributed by atoms with Gasteiger partial charge in [-0.2, -0.15) is 27.9 Å².